The number of nitrogens with zero attached hydrogens (tertiary/aromatic N) is 1. The number of pyridine rings is 1. The van der Waals surface area contributed by atoms with E-state index in [1.54, 1.807) is 71.0 Å². The second kappa shape index (κ2) is 11.7. The fraction of sp³-hybridized carbons (Fsp3) is 0.441. The summed E-state index contributed by atoms with van der Waals surface area (Å²) in [6.07, 6.45) is 1.64. The number of Topliss-reactive ketones (excluding diaryl/α,β-unsaturated/α-hetero) is 1. The van der Waals surface area contributed by atoms with Crippen molar-refractivity contribution in [3.63, 3.8) is 0 Å². The number of carbonyl (C=O) groups excluding carboxylic acids is 2. The van der Waals surface area contributed by atoms with Crippen molar-refractivity contribution in [2.45, 2.75) is 83.1 Å². The van der Waals surface area contributed by atoms with Gasteiger partial charge in [-0.25, -0.2) is 14.2 Å². The number of nitrogens with one attached hydrogen (secondary N) is 1. The Kier molecular flexibility index (Phi) is 8.33. The van der Waals surface area contributed by atoms with Gasteiger partial charge in [0, 0.05) is 23.1 Å². The molecule has 1 aromatic heterocycles. The van der Waals surface area contributed by atoms with Gasteiger partial charge in [-0.1, -0.05) is 0 Å². The number of ether oxygens (including phenoxy) is 4. The van der Waals surface area contributed by atoms with Gasteiger partial charge in [0.2, 0.25) is 0 Å². The summed E-state index contributed by atoms with van der Waals surface area (Å²) >= 11 is 0. The van der Waals surface area contributed by atoms with Crippen LogP contribution in [0.3, 0.4) is 0 Å². The Morgan fingerprint density at radius 2 is 1.80 bits per heavy atom. The number of alkyl carbamates (subject to hydrolysis) is 1. The number of amides is 1. The van der Waals surface area contributed by atoms with Gasteiger partial charge in [0.15, 0.2) is 23.0 Å². The van der Waals surface area contributed by atoms with Crippen molar-refractivity contribution in [2.24, 2.45) is 0 Å². The minimum absolute atomic E-state index is 0.0214. The zero-order valence-corrected chi connectivity index (χ0v) is 26.0. The van der Waals surface area contributed by atoms with Gasteiger partial charge < -0.3 is 29.4 Å². The first-order valence-electron chi connectivity index (χ1n) is 14.7. The molecule has 1 aliphatic heterocycles. The number of methoxy groups -OCH3 is 1. The zero-order chi connectivity index (χ0) is 31.9. The molecule has 0 unspecified atom stereocenters. The number of benzene rings is 2. The van der Waals surface area contributed by atoms with Gasteiger partial charge in [0.1, 0.15) is 34.9 Å². The Hall–Kier alpha value is -4.18. The van der Waals surface area contributed by atoms with Crippen LogP contribution in [0, 0.1) is 5.82 Å². The lowest BCUT2D eigenvalue weighted by Gasteiger charge is -2.29. The van der Waals surface area contributed by atoms with Crippen LogP contribution in [-0.4, -0.2) is 47.4 Å². The lowest BCUT2D eigenvalue weighted by atomic mass is 9.87. The van der Waals surface area contributed by atoms with E-state index in [9.17, 15) is 19.1 Å². The monoisotopic (exact) mass is 606 g/mol. The number of hydrogen-bond acceptors (Lipinski definition) is 8. The second-order valence-corrected chi connectivity index (χ2v) is 12.9. The minimum Gasteiger partial charge on any atom is -0.493 e. The number of aromatic nitrogens is 1. The van der Waals surface area contributed by atoms with Gasteiger partial charge in [0.05, 0.1) is 18.9 Å². The van der Waals surface area contributed by atoms with E-state index in [1.165, 1.54) is 19.2 Å². The molecule has 234 valence electrons. The summed E-state index contributed by atoms with van der Waals surface area (Å²) in [4.78, 5) is 30.8. The van der Waals surface area contributed by atoms with Gasteiger partial charge in [-0.3, -0.25) is 4.79 Å². The normalized spacial score (nSPS) is 18.9. The van der Waals surface area contributed by atoms with E-state index >= 15 is 0 Å². The molecule has 0 bridgehead atoms. The van der Waals surface area contributed by atoms with Gasteiger partial charge in [-0.15, -0.1) is 0 Å². The van der Waals surface area contributed by atoms with Gasteiger partial charge in [0.25, 0.3) is 0 Å². The number of fused-ring (bicyclic) bond motifs is 1. The molecule has 5 rings (SSSR count). The van der Waals surface area contributed by atoms with Crippen LogP contribution in [0.5, 0.6) is 17.2 Å². The second-order valence-electron chi connectivity index (χ2n) is 12.9. The average molecular weight is 607 g/mol. The van der Waals surface area contributed by atoms with Crippen LogP contribution in [0.15, 0.2) is 48.5 Å². The van der Waals surface area contributed by atoms with E-state index < -0.39 is 28.7 Å². The molecule has 1 amide bonds. The maximum Gasteiger partial charge on any atom is 0.408 e. The van der Waals surface area contributed by atoms with Crippen molar-refractivity contribution in [3.8, 4) is 28.5 Å². The summed E-state index contributed by atoms with van der Waals surface area (Å²) in [5, 5.41) is 14.6. The highest BCUT2D eigenvalue weighted by Crippen LogP contribution is 2.45. The summed E-state index contributed by atoms with van der Waals surface area (Å²) in [6, 6.07) is 12.5. The number of halogens is 1. The van der Waals surface area contributed by atoms with Crippen molar-refractivity contribution in [2.75, 3.05) is 13.7 Å². The highest BCUT2D eigenvalue weighted by atomic mass is 19.1. The van der Waals surface area contributed by atoms with Gasteiger partial charge >= 0.3 is 6.09 Å². The summed E-state index contributed by atoms with van der Waals surface area (Å²) in [5.74, 6) is 0.899. The van der Waals surface area contributed by atoms with Crippen LogP contribution in [-0.2, 0) is 15.9 Å². The molecule has 1 aliphatic carbocycles. The Morgan fingerprint density at radius 3 is 2.43 bits per heavy atom. The van der Waals surface area contributed by atoms with Crippen molar-refractivity contribution in [3.05, 3.63) is 71.2 Å². The summed E-state index contributed by atoms with van der Waals surface area (Å²) in [7, 11) is 1.53. The number of carbonyl (C=O) groups is 2. The molecule has 44 heavy (non-hydrogen) atoms. The number of rotatable bonds is 10. The average Bonchev–Trinajstić information content (AvgIpc) is 3.72. The molecule has 2 aliphatic rings. The Morgan fingerprint density at radius 1 is 1.09 bits per heavy atom. The van der Waals surface area contributed by atoms with E-state index in [0.717, 1.165) is 12.8 Å². The van der Waals surface area contributed by atoms with Gasteiger partial charge in [-0.2, -0.15) is 0 Å². The fourth-order valence-corrected chi connectivity index (χ4v) is 5.03. The van der Waals surface area contributed by atoms with E-state index in [1.807, 2.05) is 0 Å². The van der Waals surface area contributed by atoms with Crippen LogP contribution in [0.25, 0.3) is 11.3 Å². The van der Waals surface area contributed by atoms with E-state index in [4.69, 9.17) is 23.9 Å². The molecule has 10 heteroatoms. The van der Waals surface area contributed by atoms with Crippen molar-refractivity contribution in [1.82, 2.24) is 10.3 Å². The molecular weight excluding hydrogens is 567 g/mol. The molecular formula is C34H39FN2O7. The third-order valence-electron chi connectivity index (χ3n) is 7.66. The van der Waals surface area contributed by atoms with Crippen LogP contribution in [0.1, 0.15) is 81.9 Å². The Bertz CT molecular complexity index is 1560. The van der Waals surface area contributed by atoms with Crippen LogP contribution in [0.4, 0.5) is 9.18 Å². The molecule has 0 spiro atoms. The largest absolute Gasteiger partial charge is 0.493 e. The summed E-state index contributed by atoms with van der Waals surface area (Å²) in [6.45, 7) is 8.78. The first-order valence-corrected chi connectivity index (χ1v) is 14.7. The third kappa shape index (κ3) is 6.96. The molecule has 1 fully saturated rings. The number of ketones is 1. The standard InChI is InChI=1S/C34H39FN2O7/c1-32(2,3)44-31(39)37-33(4)19-42-30-24(33)18-28(36-29(30)20-7-10-22(35)11-8-20)34(5,40)16-15-25(38)21-9-14-26(27(17-21)41-6)43-23-12-13-23/h7-11,14,17-18,23,40H,12-13,15-16,19H2,1-6H3,(H,37,39)/t33-,34-/m0/s1. The van der Waals surface area contributed by atoms with Crippen LogP contribution < -0.4 is 19.5 Å². The van der Waals surface area contributed by atoms with E-state index in [-0.39, 0.29) is 37.0 Å². The van der Waals surface area contributed by atoms with Crippen molar-refractivity contribution < 1.29 is 38.0 Å². The predicted octanol–water partition coefficient (Wildman–Crippen LogP) is 6.44. The molecule has 2 aromatic carbocycles. The molecule has 2 atom stereocenters. The maximum absolute atomic E-state index is 13.8. The quantitative estimate of drug-likeness (QED) is 0.253. The topological polar surface area (TPSA) is 116 Å². The maximum atomic E-state index is 13.8. The molecule has 2 heterocycles. The molecule has 9 nitrogen and oxygen atoms in total. The smallest absolute Gasteiger partial charge is 0.408 e. The Balaban J connectivity index is 1.43. The minimum atomic E-state index is -1.55. The molecule has 2 N–H and O–H groups in total. The Labute approximate surface area is 256 Å². The molecule has 1 saturated carbocycles. The van der Waals surface area contributed by atoms with Crippen molar-refractivity contribution in [1.29, 1.82) is 0 Å². The highest BCUT2D eigenvalue weighted by molar-refractivity contribution is 5.96. The fourth-order valence-electron chi connectivity index (χ4n) is 5.03. The lowest BCUT2D eigenvalue weighted by molar-refractivity contribution is 0.0395. The number of aliphatic hydroxyl groups is 1. The first kappa shape index (κ1) is 31.3. The highest BCUT2D eigenvalue weighted by Gasteiger charge is 2.43. The van der Waals surface area contributed by atoms with Gasteiger partial charge in [-0.05, 0) is 102 Å². The summed E-state index contributed by atoms with van der Waals surface area (Å²) in [5.41, 5.74) is -1.03. The van der Waals surface area contributed by atoms with E-state index in [2.05, 4.69) is 5.32 Å². The van der Waals surface area contributed by atoms with Crippen LogP contribution >= 0.6 is 0 Å². The first-order chi connectivity index (χ1) is 20.7. The number of hydrogen-bond donors (Lipinski definition) is 2. The van der Waals surface area contributed by atoms with Crippen LogP contribution in [0.2, 0.25) is 0 Å². The summed E-state index contributed by atoms with van der Waals surface area (Å²) < 4.78 is 36.6. The van der Waals surface area contributed by atoms with E-state index in [0.29, 0.717) is 39.6 Å². The predicted molar refractivity (Wildman–Crippen MR) is 162 cm³/mol. The zero-order valence-electron chi connectivity index (χ0n) is 26.0. The molecule has 3 aromatic rings. The van der Waals surface area contributed by atoms with Crippen molar-refractivity contribution >= 4 is 11.9 Å². The molecule has 0 saturated heterocycles. The third-order valence-corrected chi connectivity index (χ3v) is 7.66. The molecule has 0 radical (unpaired) electrons. The lowest BCUT2D eigenvalue weighted by Crippen LogP contribution is -2.47. The SMILES string of the molecule is COc1cc(C(=O)CC[C@](C)(O)c2cc3c(c(-c4ccc(F)cc4)n2)OC[C@]3(C)NC(=O)OC(C)(C)C)ccc1OC1CC1.